The normalized spacial score (nSPS) is 10.2. The van der Waals surface area contributed by atoms with Crippen LogP contribution in [0.1, 0.15) is 29.3 Å². The van der Waals surface area contributed by atoms with E-state index in [1.54, 1.807) is 0 Å². The van der Waals surface area contributed by atoms with Gasteiger partial charge in [-0.3, -0.25) is 4.79 Å². The largest absolute Gasteiger partial charge is 0.322 e. The Balaban J connectivity index is 2.08. The highest BCUT2D eigenvalue weighted by Crippen LogP contribution is 2.20. The first kappa shape index (κ1) is 15.3. The third-order valence-corrected chi connectivity index (χ3v) is 3.28. The molecule has 2 rings (SSSR count). The number of benzene rings is 1. The molecule has 5 nitrogen and oxygen atoms in total. The van der Waals surface area contributed by atoms with Gasteiger partial charge in [0.25, 0.3) is 5.91 Å². The first-order valence-electron chi connectivity index (χ1n) is 6.66. The molecular weight excluding hydrogens is 288 g/mol. The van der Waals surface area contributed by atoms with Crippen LogP contribution in [-0.4, -0.2) is 10.9 Å². The second-order valence-corrected chi connectivity index (χ2v) is 5.01. The summed E-state index contributed by atoms with van der Waals surface area (Å²) in [4.78, 5) is 16.1. The molecule has 0 radical (unpaired) electrons. The number of aromatic nitrogens is 1. The molecule has 0 atom stereocenters. The molecule has 1 heterocycles. The van der Waals surface area contributed by atoms with E-state index in [0.29, 0.717) is 16.4 Å². The number of aryl methyl sites for hydroxylation is 1. The Labute approximate surface area is 128 Å². The van der Waals surface area contributed by atoms with E-state index in [1.165, 1.54) is 17.8 Å². The van der Waals surface area contributed by atoms with Gasteiger partial charge in [-0.1, -0.05) is 37.1 Å². The minimum Gasteiger partial charge on any atom is -0.322 e. The molecule has 0 bridgehead atoms. The van der Waals surface area contributed by atoms with Crippen molar-refractivity contribution in [3.8, 4) is 0 Å². The van der Waals surface area contributed by atoms with Crippen molar-refractivity contribution >= 4 is 29.0 Å². The van der Waals surface area contributed by atoms with Gasteiger partial charge in [0.2, 0.25) is 0 Å². The number of halogens is 1. The molecule has 0 spiro atoms. The van der Waals surface area contributed by atoms with Gasteiger partial charge in [0.15, 0.2) is 5.82 Å². The van der Waals surface area contributed by atoms with Crippen LogP contribution in [0.15, 0.2) is 36.5 Å². The molecule has 4 N–H and O–H groups in total. The molecule has 0 aliphatic rings. The quantitative estimate of drug-likeness (QED) is 0.585. The van der Waals surface area contributed by atoms with E-state index < -0.39 is 0 Å². The number of nitrogens with one attached hydrogen (secondary N) is 2. The average molecular weight is 305 g/mol. The van der Waals surface area contributed by atoms with Crippen molar-refractivity contribution in [1.29, 1.82) is 0 Å². The lowest BCUT2D eigenvalue weighted by Crippen LogP contribution is -2.14. The number of amides is 1. The molecule has 0 unspecified atom stereocenters. The Morgan fingerprint density at radius 3 is 2.62 bits per heavy atom. The molecule has 0 aliphatic heterocycles. The summed E-state index contributed by atoms with van der Waals surface area (Å²) in [6.45, 7) is 2.13. The van der Waals surface area contributed by atoms with Gasteiger partial charge in [0.05, 0.1) is 10.6 Å². The summed E-state index contributed by atoms with van der Waals surface area (Å²) in [6.07, 6.45) is 3.54. The van der Waals surface area contributed by atoms with Crippen LogP contribution in [0, 0.1) is 0 Å². The zero-order chi connectivity index (χ0) is 15.2. The monoisotopic (exact) mass is 304 g/mol. The summed E-state index contributed by atoms with van der Waals surface area (Å²) in [5.41, 5.74) is 4.71. The zero-order valence-electron chi connectivity index (χ0n) is 11.7. The standard InChI is InChI=1S/C15H17ClN4O/c1-2-3-10-4-6-12(7-5-10)19-15(21)11-8-13(16)14(20-17)18-9-11/h4-9H,2-3,17H2,1H3,(H,18,20)(H,19,21). The highest BCUT2D eigenvalue weighted by Gasteiger charge is 2.09. The molecular formula is C15H17ClN4O. The topological polar surface area (TPSA) is 80.0 Å². The number of hydrogen-bond acceptors (Lipinski definition) is 4. The Bertz CT molecular complexity index is 628. The number of nitrogens with two attached hydrogens (primary N) is 1. The molecule has 1 aromatic heterocycles. The van der Waals surface area contributed by atoms with Gasteiger partial charge in [-0.05, 0) is 30.2 Å². The number of hydrogen-bond donors (Lipinski definition) is 3. The summed E-state index contributed by atoms with van der Waals surface area (Å²) in [5.74, 6) is 5.30. The van der Waals surface area contributed by atoms with Gasteiger partial charge >= 0.3 is 0 Å². The van der Waals surface area contributed by atoms with Crippen molar-refractivity contribution in [3.05, 3.63) is 52.7 Å². The van der Waals surface area contributed by atoms with Crippen LogP contribution in [0.25, 0.3) is 0 Å². The van der Waals surface area contributed by atoms with Crippen molar-refractivity contribution in [2.45, 2.75) is 19.8 Å². The van der Waals surface area contributed by atoms with E-state index in [4.69, 9.17) is 17.4 Å². The summed E-state index contributed by atoms with van der Waals surface area (Å²) in [5, 5.41) is 3.10. The number of rotatable bonds is 5. The van der Waals surface area contributed by atoms with Crippen molar-refractivity contribution in [3.63, 3.8) is 0 Å². The number of nitrogen functional groups attached to an aromatic ring is 1. The third kappa shape index (κ3) is 3.93. The Hall–Kier alpha value is -2.11. The summed E-state index contributed by atoms with van der Waals surface area (Å²) in [6, 6.07) is 9.30. The first-order chi connectivity index (χ1) is 10.1. The van der Waals surface area contributed by atoms with Gasteiger partial charge in [-0.25, -0.2) is 10.8 Å². The summed E-state index contributed by atoms with van der Waals surface area (Å²) in [7, 11) is 0. The van der Waals surface area contributed by atoms with Crippen molar-refractivity contribution in [2.24, 2.45) is 5.84 Å². The Kier molecular flexibility index (Phi) is 5.14. The van der Waals surface area contributed by atoms with E-state index in [0.717, 1.165) is 18.5 Å². The van der Waals surface area contributed by atoms with Crippen LogP contribution >= 0.6 is 11.6 Å². The SMILES string of the molecule is CCCc1ccc(NC(=O)c2cnc(NN)c(Cl)c2)cc1. The summed E-state index contributed by atoms with van der Waals surface area (Å²) >= 11 is 5.95. The molecule has 1 aromatic carbocycles. The minimum absolute atomic E-state index is 0.267. The lowest BCUT2D eigenvalue weighted by Gasteiger charge is -2.08. The molecule has 6 heteroatoms. The molecule has 21 heavy (non-hydrogen) atoms. The van der Waals surface area contributed by atoms with E-state index in [1.807, 2.05) is 24.3 Å². The minimum atomic E-state index is -0.267. The van der Waals surface area contributed by atoms with Crippen LogP contribution in [0.4, 0.5) is 11.5 Å². The molecule has 0 aliphatic carbocycles. The molecule has 110 valence electrons. The second-order valence-electron chi connectivity index (χ2n) is 4.60. The van der Waals surface area contributed by atoms with Crippen molar-refractivity contribution < 1.29 is 4.79 Å². The Morgan fingerprint density at radius 2 is 2.05 bits per heavy atom. The number of carbonyl (C=O) groups is 1. The maximum atomic E-state index is 12.1. The highest BCUT2D eigenvalue weighted by molar-refractivity contribution is 6.33. The number of pyridine rings is 1. The van der Waals surface area contributed by atoms with Crippen LogP contribution in [0.3, 0.4) is 0 Å². The molecule has 0 saturated heterocycles. The van der Waals surface area contributed by atoms with E-state index in [2.05, 4.69) is 22.7 Å². The average Bonchev–Trinajstić information content (AvgIpc) is 2.49. The van der Waals surface area contributed by atoms with Gasteiger partial charge in [-0.15, -0.1) is 0 Å². The maximum Gasteiger partial charge on any atom is 0.257 e. The molecule has 0 saturated carbocycles. The highest BCUT2D eigenvalue weighted by atomic mass is 35.5. The van der Waals surface area contributed by atoms with Crippen LogP contribution in [-0.2, 0) is 6.42 Å². The zero-order valence-corrected chi connectivity index (χ0v) is 12.4. The van der Waals surface area contributed by atoms with Gasteiger partial charge in [0, 0.05) is 11.9 Å². The van der Waals surface area contributed by atoms with Gasteiger partial charge in [-0.2, -0.15) is 0 Å². The number of anilines is 2. The third-order valence-electron chi connectivity index (χ3n) is 2.99. The van der Waals surface area contributed by atoms with Gasteiger partial charge < -0.3 is 10.7 Å². The summed E-state index contributed by atoms with van der Waals surface area (Å²) < 4.78 is 0. The van der Waals surface area contributed by atoms with Crippen LogP contribution < -0.4 is 16.6 Å². The van der Waals surface area contributed by atoms with E-state index in [9.17, 15) is 4.79 Å². The molecule has 0 fully saturated rings. The lowest BCUT2D eigenvalue weighted by atomic mass is 10.1. The fourth-order valence-electron chi connectivity index (χ4n) is 1.91. The van der Waals surface area contributed by atoms with Crippen molar-refractivity contribution in [1.82, 2.24) is 4.98 Å². The number of carbonyl (C=O) groups excluding carboxylic acids is 1. The number of hydrazine groups is 1. The fourth-order valence-corrected chi connectivity index (χ4v) is 2.14. The molecule has 2 aromatic rings. The van der Waals surface area contributed by atoms with E-state index in [-0.39, 0.29) is 5.91 Å². The predicted octanol–water partition coefficient (Wildman–Crippen LogP) is 3.23. The maximum absolute atomic E-state index is 12.1. The lowest BCUT2D eigenvalue weighted by molar-refractivity contribution is 0.102. The first-order valence-corrected chi connectivity index (χ1v) is 7.04. The fraction of sp³-hybridized carbons (Fsp3) is 0.200. The van der Waals surface area contributed by atoms with Crippen LogP contribution in [0.2, 0.25) is 5.02 Å². The predicted molar refractivity (Wildman–Crippen MR) is 85.4 cm³/mol. The van der Waals surface area contributed by atoms with E-state index >= 15 is 0 Å². The molecule has 1 amide bonds. The smallest absolute Gasteiger partial charge is 0.257 e. The van der Waals surface area contributed by atoms with Crippen molar-refractivity contribution in [2.75, 3.05) is 10.7 Å². The number of nitrogens with zero attached hydrogens (tertiary/aromatic N) is 1. The Morgan fingerprint density at radius 1 is 1.33 bits per heavy atom. The van der Waals surface area contributed by atoms with Gasteiger partial charge in [0.1, 0.15) is 0 Å². The second kappa shape index (κ2) is 7.06. The van der Waals surface area contributed by atoms with Crippen LogP contribution in [0.5, 0.6) is 0 Å².